The van der Waals surface area contributed by atoms with E-state index in [0.29, 0.717) is 27.0 Å². The molecule has 5 heterocycles. The minimum Gasteiger partial charge on any atom is -0.319 e. The van der Waals surface area contributed by atoms with Crippen LogP contribution in [0.3, 0.4) is 0 Å². The Kier molecular flexibility index (Phi) is 9.58. The first-order chi connectivity index (χ1) is 28.5. The van der Waals surface area contributed by atoms with Gasteiger partial charge in [-0.05, 0) is 92.4 Å². The third kappa shape index (κ3) is 6.30. The number of fused-ring (bicyclic) bond motifs is 3. The molecule has 8 aromatic rings. The van der Waals surface area contributed by atoms with Crippen LogP contribution in [0.1, 0.15) is 63.8 Å². The molecule has 6 aromatic carbocycles. The summed E-state index contributed by atoms with van der Waals surface area (Å²) < 4.78 is 34.3. The smallest absolute Gasteiger partial charge is 0.184 e. The topological polar surface area (TPSA) is 52.0 Å². The van der Waals surface area contributed by atoms with Gasteiger partial charge in [-0.1, -0.05) is 119 Å². The second-order valence-electron chi connectivity index (χ2n) is 18.8. The molecule has 2 bridgehead atoms. The number of benzene rings is 6. The molecule has 3 aliphatic heterocycles. The van der Waals surface area contributed by atoms with Crippen LogP contribution in [-0.2, 0) is 41.7 Å². The van der Waals surface area contributed by atoms with E-state index in [1.165, 1.54) is 22.5 Å². The van der Waals surface area contributed by atoms with Crippen molar-refractivity contribution in [3.63, 3.8) is 0 Å². The fourth-order valence-electron chi connectivity index (χ4n) is 9.28. The molecule has 310 valence electrons. The summed E-state index contributed by atoms with van der Waals surface area (Å²) in [5.41, 5.74) is 11.7. The van der Waals surface area contributed by atoms with E-state index in [0.717, 1.165) is 49.9 Å². The molecule has 0 spiro atoms. The number of hydrogen-bond acceptors (Lipinski definition) is 3. The van der Waals surface area contributed by atoms with Crippen LogP contribution in [0.4, 0.5) is 22.7 Å². The van der Waals surface area contributed by atoms with Gasteiger partial charge in [0, 0.05) is 50.6 Å². The Morgan fingerprint density at radius 2 is 1.26 bits per heavy atom. The first-order valence-corrected chi connectivity index (χ1v) is 22.2. The van der Waals surface area contributed by atoms with Gasteiger partial charge in [-0.15, -0.1) is 41.5 Å². The van der Waals surface area contributed by atoms with Crippen LogP contribution in [0.2, 0.25) is 0 Å². The average Bonchev–Trinajstić information content (AvgIpc) is 3.80. The average molecular weight is 1000 g/mol. The van der Waals surface area contributed by atoms with E-state index in [4.69, 9.17) is 4.98 Å². The van der Waals surface area contributed by atoms with Gasteiger partial charge in [0.15, 0.2) is 27.9 Å². The van der Waals surface area contributed by atoms with Crippen LogP contribution in [0.25, 0.3) is 38.8 Å². The molecule has 0 aliphatic carbocycles. The molecule has 0 amide bonds. The molecule has 0 unspecified atom stereocenters. The van der Waals surface area contributed by atoms with Crippen molar-refractivity contribution >= 4 is 54.4 Å². The summed E-state index contributed by atoms with van der Waals surface area (Å²) in [6.45, 7) is 20.3. The minimum absolute atomic E-state index is 0. The zero-order valence-electron chi connectivity index (χ0n) is 35.8. The maximum atomic E-state index is 15.6. The maximum absolute atomic E-state index is 15.6. The molecule has 3 aliphatic rings. The van der Waals surface area contributed by atoms with Gasteiger partial charge in [-0.2, -0.15) is 0 Å². The first kappa shape index (κ1) is 41.2. The van der Waals surface area contributed by atoms with Crippen molar-refractivity contribution in [1.82, 2.24) is 18.5 Å². The number of rotatable bonds is 6. The second-order valence-corrected chi connectivity index (χ2v) is 20.7. The van der Waals surface area contributed by atoms with Gasteiger partial charge < -0.3 is 9.05 Å². The number of para-hydroxylation sites is 2. The number of sulfone groups is 1. The number of quaternary nitrogens is 2. The Morgan fingerprint density at radius 3 is 1.92 bits per heavy atom. The molecule has 2 aromatic heterocycles. The summed E-state index contributed by atoms with van der Waals surface area (Å²) in [5.74, 6) is 0.712. The van der Waals surface area contributed by atoms with Gasteiger partial charge in [0.25, 0.3) is 0 Å². The van der Waals surface area contributed by atoms with Crippen LogP contribution in [0.15, 0.2) is 143 Å². The van der Waals surface area contributed by atoms with Crippen molar-refractivity contribution in [2.45, 2.75) is 76.0 Å². The van der Waals surface area contributed by atoms with Crippen LogP contribution in [0, 0.1) is 32.6 Å². The van der Waals surface area contributed by atoms with Crippen molar-refractivity contribution < 1.29 is 29.5 Å². The van der Waals surface area contributed by atoms with Gasteiger partial charge >= 0.3 is 0 Å². The number of aryl methyl sites for hydroxylation is 2. The predicted molar refractivity (Wildman–Crippen MR) is 245 cm³/mol. The van der Waals surface area contributed by atoms with Crippen molar-refractivity contribution in [3.05, 3.63) is 175 Å². The zero-order chi connectivity index (χ0) is 42.0. The Morgan fingerprint density at radius 1 is 0.672 bits per heavy atom. The summed E-state index contributed by atoms with van der Waals surface area (Å²) in [6, 6.07) is 50.6. The van der Waals surface area contributed by atoms with Crippen LogP contribution >= 0.6 is 0 Å². The molecule has 0 saturated carbocycles. The molecule has 0 N–H and O–H groups in total. The van der Waals surface area contributed by atoms with E-state index in [2.05, 4.69) is 145 Å². The molecule has 8 heteroatoms. The summed E-state index contributed by atoms with van der Waals surface area (Å²) in [5, 5.41) is 1.93. The Labute approximate surface area is 374 Å². The minimum atomic E-state index is -4.21. The second kappa shape index (κ2) is 14.2. The van der Waals surface area contributed by atoms with Crippen molar-refractivity contribution in [2.75, 3.05) is 6.67 Å². The number of pyridine rings is 1. The van der Waals surface area contributed by atoms with Crippen LogP contribution < -0.4 is 8.97 Å². The third-order valence-corrected chi connectivity index (χ3v) is 14.4. The summed E-state index contributed by atoms with van der Waals surface area (Å²) in [4.78, 5) is 5.12. The molecule has 2 atom stereocenters. The molecule has 0 radical (unpaired) electrons. The molecular formula is C53H49N4O2PtS-. The van der Waals surface area contributed by atoms with E-state index >= 15 is 8.42 Å². The van der Waals surface area contributed by atoms with Crippen LogP contribution in [-0.4, -0.2) is 24.6 Å². The van der Waals surface area contributed by atoms with Crippen molar-refractivity contribution in [2.24, 2.45) is 0 Å². The van der Waals surface area contributed by atoms with Crippen molar-refractivity contribution in [1.29, 1.82) is 0 Å². The number of aromatic nitrogens is 2. The van der Waals surface area contributed by atoms with Gasteiger partial charge in [0.05, 0.1) is 6.67 Å². The SMILES string of the molecule is Cc1cc2c(cc1C)[N@+]1(c3[c-]c(S(=O)(=O)c4[c-]c5c(c(-c6ccccc6)c4)c4ccccc4n5-c4cc(C(C)(C)C)ccn4)cc(C(C)(C)C)c3)[CH-][N@@+]2(c2ccccc2)C1.[Pt]. The summed E-state index contributed by atoms with van der Waals surface area (Å²) in [6.07, 6.45) is 1.84. The normalized spacial score (nSPS) is 18.5. The molecule has 61 heavy (non-hydrogen) atoms. The molecular weight excluding hydrogens is 952 g/mol. The summed E-state index contributed by atoms with van der Waals surface area (Å²) in [7, 11) is -4.21. The van der Waals surface area contributed by atoms with E-state index < -0.39 is 9.84 Å². The fraction of sp³-hybridized carbons (Fsp3) is 0.208. The largest absolute Gasteiger partial charge is 0.319 e. The standard InChI is InChI=1S/C53H49N4O2S.Pt/c1-35-25-48-49(26-36(35)2)57(33-56(48,34-57)40-19-13-10-14-20-40)41-27-39(53(6,7)8)28-42(30-41)60(58,59)43-31-45(37-17-11-9-12-18-37)51-44-21-15-16-22-46(44)55(47(51)32-43)50-29-38(23-24-54-50)52(3,4)5;/h9-29,31,33H,34H2,1-8H3;/q-1;/t56-,57+;/m0./s1. The fourth-order valence-corrected chi connectivity index (χ4v) is 10.5. The number of hydrogen-bond donors (Lipinski definition) is 0. The first-order valence-electron chi connectivity index (χ1n) is 20.7. The Hall–Kier alpha value is -5.17. The molecule has 1 fully saturated rings. The number of nitrogens with zero attached hydrogens (tertiary/aromatic N) is 4. The van der Waals surface area contributed by atoms with E-state index in [1.54, 1.807) is 0 Å². The van der Waals surface area contributed by atoms with E-state index in [-0.39, 0.29) is 41.7 Å². The maximum Gasteiger partial charge on any atom is 0.184 e. The summed E-state index contributed by atoms with van der Waals surface area (Å²) >= 11 is 0. The monoisotopic (exact) mass is 1000 g/mol. The quantitative estimate of drug-likeness (QED) is 0.123. The van der Waals surface area contributed by atoms with E-state index in [9.17, 15) is 0 Å². The van der Waals surface area contributed by atoms with Gasteiger partial charge in [0.1, 0.15) is 11.5 Å². The third-order valence-electron chi connectivity index (χ3n) is 12.8. The molecule has 6 nitrogen and oxygen atoms in total. The Balaban J connectivity index is 0.00000476. The van der Waals surface area contributed by atoms with E-state index in [1.807, 2.05) is 66.9 Å². The zero-order valence-corrected chi connectivity index (χ0v) is 38.9. The van der Waals surface area contributed by atoms with Gasteiger partial charge in [-0.3, -0.25) is 4.48 Å². The van der Waals surface area contributed by atoms with Gasteiger partial charge in [-0.25, -0.2) is 13.4 Å². The molecule has 11 rings (SSSR count). The Bertz CT molecular complexity index is 3150. The van der Waals surface area contributed by atoms with Gasteiger partial charge in [0.2, 0.25) is 0 Å². The molecule has 1 saturated heterocycles. The van der Waals surface area contributed by atoms with Crippen molar-refractivity contribution in [3.8, 4) is 16.9 Å². The van der Waals surface area contributed by atoms with Crippen LogP contribution in [0.5, 0.6) is 0 Å². The predicted octanol–water partition coefficient (Wildman–Crippen LogP) is 12.9.